The molecule has 88 valence electrons. The van der Waals surface area contributed by atoms with E-state index >= 15 is 0 Å². The normalized spacial score (nSPS) is 22.7. The van der Waals surface area contributed by atoms with Crippen molar-refractivity contribution in [3.8, 4) is 0 Å². The van der Waals surface area contributed by atoms with E-state index < -0.39 is 5.97 Å². The van der Waals surface area contributed by atoms with Crippen LogP contribution in [0.5, 0.6) is 0 Å². The van der Waals surface area contributed by atoms with Crippen molar-refractivity contribution in [1.29, 1.82) is 0 Å². The second-order valence-electron chi connectivity index (χ2n) is 3.32. The summed E-state index contributed by atoms with van der Waals surface area (Å²) in [4.78, 5) is 17.4. The van der Waals surface area contributed by atoms with Crippen LogP contribution >= 0.6 is 0 Å². The van der Waals surface area contributed by atoms with Crippen LogP contribution in [0.3, 0.4) is 0 Å². The zero-order chi connectivity index (χ0) is 11.1. The fourth-order valence-electron chi connectivity index (χ4n) is 1.46. The van der Waals surface area contributed by atoms with Crippen LogP contribution in [0, 0.1) is 0 Å². The van der Waals surface area contributed by atoms with Gasteiger partial charge in [0.1, 0.15) is 0 Å². The second-order valence-corrected chi connectivity index (χ2v) is 3.32. The Morgan fingerprint density at radius 2 is 2.53 bits per heavy atom. The lowest BCUT2D eigenvalue weighted by Gasteiger charge is -2.31. The minimum absolute atomic E-state index is 0.00526. The summed E-state index contributed by atoms with van der Waals surface area (Å²) in [6.07, 6.45) is 0.116. The zero-order valence-electron chi connectivity index (χ0n) is 8.52. The van der Waals surface area contributed by atoms with Gasteiger partial charge in [-0.15, -0.1) is 0 Å². The van der Waals surface area contributed by atoms with Crippen molar-refractivity contribution in [2.75, 3.05) is 32.8 Å². The standard InChI is InChI=1S/C8H17N3O4/c9-10-15-8(13)1-2-11-3-4-14-7(5-11)6-12/h7,10,12H,1-6,9H2. The number of ether oxygens (including phenoxy) is 1. The number of hydrazine groups is 1. The number of aliphatic hydroxyl groups excluding tert-OH is 1. The SMILES string of the molecule is NNOC(=O)CCN1CCOC(CO)C1. The number of hydrogen-bond acceptors (Lipinski definition) is 7. The summed E-state index contributed by atoms with van der Waals surface area (Å²) in [7, 11) is 0. The Hall–Kier alpha value is -0.730. The van der Waals surface area contributed by atoms with Crippen molar-refractivity contribution < 1.29 is 19.5 Å². The third-order valence-corrected chi connectivity index (χ3v) is 2.23. The van der Waals surface area contributed by atoms with Gasteiger partial charge in [0.05, 0.1) is 25.7 Å². The number of nitrogens with one attached hydrogen (secondary N) is 1. The molecule has 0 spiro atoms. The highest BCUT2D eigenvalue weighted by Crippen LogP contribution is 2.05. The second kappa shape index (κ2) is 6.70. The summed E-state index contributed by atoms with van der Waals surface area (Å²) in [6, 6.07) is 0. The maximum Gasteiger partial charge on any atom is 0.327 e. The molecule has 0 radical (unpaired) electrons. The fourth-order valence-corrected chi connectivity index (χ4v) is 1.46. The number of hydrogen-bond donors (Lipinski definition) is 3. The van der Waals surface area contributed by atoms with Crippen LogP contribution in [0.15, 0.2) is 0 Å². The molecule has 7 nitrogen and oxygen atoms in total. The van der Waals surface area contributed by atoms with Gasteiger partial charge in [0, 0.05) is 19.6 Å². The molecule has 1 heterocycles. The highest BCUT2D eigenvalue weighted by Gasteiger charge is 2.20. The Bertz CT molecular complexity index is 202. The van der Waals surface area contributed by atoms with E-state index in [1.807, 2.05) is 10.5 Å². The molecule has 0 bridgehead atoms. The molecule has 1 fully saturated rings. The van der Waals surface area contributed by atoms with E-state index in [1.165, 1.54) is 0 Å². The number of rotatable bonds is 5. The molecule has 7 heteroatoms. The molecule has 1 atom stereocenters. The van der Waals surface area contributed by atoms with Gasteiger partial charge in [-0.3, -0.25) is 9.69 Å². The molecule has 0 aromatic carbocycles. The van der Waals surface area contributed by atoms with Crippen molar-refractivity contribution in [2.45, 2.75) is 12.5 Å². The summed E-state index contributed by atoms with van der Waals surface area (Å²) in [5, 5.41) is 8.90. The third kappa shape index (κ3) is 4.54. The van der Waals surface area contributed by atoms with Crippen LogP contribution in [0.4, 0.5) is 0 Å². The van der Waals surface area contributed by atoms with E-state index in [0.29, 0.717) is 19.7 Å². The van der Waals surface area contributed by atoms with Gasteiger partial charge >= 0.3 is 5.97 Å². The molecule has 1 saturated heterocycles. The molecular formula is C8H17N3O4. The van der Waals surface area contributed by atoms with Crippen LogP contribution in [-0.2, 0) is 14.4 Å². The Morgan fingerprint density at radius 3 is 3.20 bits per heavy atom. The van der Waals surface area contributed by atoms with Crippen molar-refractivity contribution >= 4 is 5.97 Å². The largest absolute Gasteiger partial charge is 0.394 e. The van der Waals surface area contributed by atoms with Crippen molar-refractivity contribution in [2.24, 2.45) is 5.84 Å². The summed E-state index contributed by atoms with van der Waals surface area (Å²) in [5.74, 6) is 4.42. The summed E-state index contributed by atoms with van der Waals surface area (Å²) in [6.45, 7) is 2.57. The molecule has 4 N–H and O–H groups in total. The summed E-state index contributed by atoms with van der Waals surface area (Å²) in [5.41, 5.74) is 1.84. The topological polar surface area (TPSA) is 97.0 Å². The van der Waals surface area contributed by atoms with Crippen molar-refractivity contribution in [3.05, 3.63) is 0 Å². The first-order valence-corrected chi connectivity index (χ1v) is 4.86. The number of carbonyl (C=O) groups is 1. The van der Waals surface area contributed by atoms with E-state index in [-0.39, 0.29) is 19.1 Å². The molecule has 0 aromatic heterocycles. The zero-order valence-corrected chi connectivity index (χ0v) is 8.52. The molecule has 0 amide bonds. The molecule has 0 aromatic rings. The summed E-state index contributed by atoms with van der Waals surface area (Å²) < 4.78 is 5.27. The predicted octanol–water partition coefficient (Wildman–Crippen LogP) is -2.01. The van der Waals surface area contributed by atoms with Gasteiger partial charge in [0.15, 0.2) is 0 Å². The van der Waals surface area contributed by atoms with E-state index in [4.69, 9.17) is 15.7 Å². The molecule has 1 rings (SSSR count). The maximum atomic E-state index is 11.0. The number of nitrogens with two attached hydrogens (primary N) is 1. The number of carbonyl (C=O) groups excluding carboxylic acids is 1. The van der Waals surface area contributed by atoms with E-state index in [0.717, 1.165) is 6.54 Å². The maximum absolute atomic E-state index is 11.0. The first kappa shape index (κ1) is 12.3. The molecule has 1 aliphatic rings. The van der Waals surface area contributed by atoms with Gasteiger partial charge in [0.2, 0.25) is 0 Å². The lowest BCUT2D eigenvalue weighted by atomic mass is 10.2. The van der Waals surface area contributed by atoms with Gasteiger partial charge in [-0.05, 0) is 0 Å². The Balaban J connectivity index is 2.17. The van der Waals surface area contributed by atoms with Crippen LogP contribution in [0.2, 0.25) is 0 Å². The summed E-state index contributed by atoms with van der Waals surface area (Å²) >= 11 is 0. The first-order chi connectivity index (χ1) is 7.26. The number of aliphatic hydroxyl groups is 1. The van der Waals surface area contributed by atoms with Gasteiger partial charge in [-0.25, -0.2) is 5.84 Å². The minimum Gasteiger partial charge on any atom is -0.394 e. The molecular weight excluding hydrogens is 202 g/mol. The van der Waals surface area contributed by atoms with Crippen molar-refractivity contribution in [1.82, 2.24) is 10.5 Å². The predicted molar refractivity (Wildman–Crippen MR) is 51.3 cm³/mol. The van der Waals surface area contributed by atoms with Crippen LogP contribution in [0.1, 0.15) is 6.42 Å². The number of morpholine rings is 1. The lowest BCUT2D eigenvalue weighted by molar-refractivity contribution is -0.152. The monoisotopic (exact) mass is 219 g/mol. The Morgan fingerprint density at radius 1 is 1.73 bits per heavy atom. The molecule has 1 aliphatic heterocycles. The van der Waals surface area contributed by atoms with Crippen LogP contribution < -0.4 is 11.4 Å². The quantitative estimate of drug-likeness (QED) is 0.363. The average Bonchev–Trinajstić information content (AvgIpc) is 2.27. The highest BCUT2D eigenvalue weighted by atomic mass is 16.7. The van der Waals surface area contributed by atoms with E-state index in [9.17, 15) is 4.79 Å². The van der Waals surface area contributed by atoms with Gasteiger partial charge in [-0.2, -0.15) is 0 Å². The Kier molecular flexibility index (Phi) is 5.51. The minimum atomic E-state index is -0.399. The smallest absolute Gasteiger partial charge is 0.327 e. The van der Waals surface area contributed by atoms with Gasteiger partial charge < -0.3 is 14.7 Å². The molecule has 0 aliphatic carbocycles. The van der Waals surface area contributed by atoms with E-state index in [2.05, 4.69) is 4.84 Å². The molecule has 0 saturated carbocycles. The van der Waals surface area contributed by atoms with E-state index in [1.54, 1.807) is 0 Å². The highest BCUT2D eigenvalue weighted by molar-refractivity contribution is 5.69. The lowest BCUT2D eigenvalue weighted by Crippen LogP contribution is -2.44. The van der Waals surface area contributed by atoms with Crippen LogP contribution in [0.25, 0.3) is 0 Å². The molecule has 15 heavy (non-hydrogen) atoms. The van der Waals surface area contributed by atoms with Gasteiger partial charge in [0.25, 0.3) is 0 Å². The third-order valence-electron chi connectivity index (χ3n) is 2.23. The molecule has 1 unspecified atom stereocenters. The average molecular weight is 219 g/mol. The number of nitrogens with zero attached hydrogens (tertiary/aromatic N) is 1. The fraction of sp³-hybridized carbons (Fsp3) is 0.875. The van der Waals surface area contributed by atoms with Crippen LogP contribution in [-0.4, -0.2) is 54.9 Å². The Labute approximate surface area is 88.0 Å². The van der Waals surface area contributed by atoms with Crippen molar-refractivity contribution in [3.63, 3.8) is 0 Å². The first-order valence-electron chi connectivity index (χ1n) is 4.86. The van der Waals surface area contributed by atoms with Gasteiger partial charge in [-0.1, -0.05) is 5.59 Å².